The Morgan fingerprint density at radius 2 is 2.20 bits per heavy atom. The van der Waals surface area contributed by atoms with Gasteiger partial charge in [-0.2, -0.15) is 5.10 Å². The second kappa shape index (κ2) is 4.71. The molecular formula is C11H12Cl2N4O3. The van der Waals surface area contributed by atoms with Crippen LogP contribution in [0.5, 0.6) is 0 Å². The Hall–Kier alpha value is -1.12. The molecule has 2 aromatic rings. The average Bonchev–Trinajstić information content (AvgIpc) is 2.92. The van der Waals surface area contributed by atoms with Crippen LogP contribution in [-0.4, -0.2) is 48.0 Å². The molecule has 0 radical (unpaired) electrons. The van der Waals surface area contributed by atoms with Crippen molar-refractivity contribution >= 4 is 34.5 Å². The van der Waals surface area contributed by atoms with E-state index in [1.807, 2.05) is 0 Å². The average molecular weight is 319 g/mol. The molecule has 9 heteroatoms. The van der Waals surface area contributed by atoms with Crippen LogP contribution < -0.4 is 5.73 Å². The summed E-state index contributed by atoms with van der Waals surface area (Å²) in [5, 5.41) is 23.3. The van der Waals surface area contributed by atoms with Crippen LogP contribution in [0.1, 0.15) is 11.8 Å². The Morgan fingerprint density at radius 1 is 1.45 bits per heavy atom. The van der Waals surface area contributed by atoms with E-state index in [0.717, 1.165) is 0 Å². The number of nitrogen functional groups attached to an aromatic ring is 1. The van der Waals surface area contributed by atoms with Crippen molar-refractivity contribution in [3.8, 4) is 0 Å². The normalized spacial score (nSPS) is 29.1. The number of hydrogen-bond acceptors (Lipinski definition) is 6. The molecule has 7 nitrogen and oxygen atoms in total. The third kappa shape index (κ3) is 1.86. The fourth-order valence-electron chi connectivity index (χ4n) is 2.32. The minimum Gasteiger partial charge on any atom is -0.394 e. The van der Waals surface area contributed by atoms with E-state index in [0.29, 0.717) is 17.0 Å². The second-order valence-electron chi connectivity index (χ2n) is 4.56. The summed E-state index contributed by atoms with van der Waals surface area (Å²) in [5.74, 6) is 0.304. The smallest absolute Gasteiger partial charge is 0.178 e. The lowest BCUT2D eigenvalue weighted by Gasteiger charge is -2.22. The first-order valence-corrected chi connectivity index (χ1v) is 6.62. The molecule has 3 rings (SSSR count). The van der Waals surface area contributed by atoms with Crippen molar-refractivity contribution in [2.24, 2.45) is 0 Å². The van der Waals surface area contributed by atoms with Gasteiger partial charge in [-0.3, -0.25) is 0 Å². The highest BCUT2D eigenvalue weighted by molar-refractivity contribution is 6.49. The second-order valence-corrected chi connectivity index (χ2v) is 6.00. The maximum absolute atomic E-state index is 10.00. The monoisotopic (exact) mass is 318 g/mol. The van der Waals surface area contributed by atoms with E-state index in [-0.39, 0.29) is 6.61 Å². The molecule has 0 saturated carbocycles. The molecule has 0 spiro atoms. The Morgan fingerprint density at radius 3 is 2.85 bits per heavy atom. The van der Waals surface area contributed by atoms with E-state index in [2.05, 4.69) is 10.1 Å². The van der Waals surface area contributed by atoms with Crippen molar-refractivity contribution in [2.75, 3.05) is 12.3 Å². The van der Waals surface area contributed by atoms with Gasteiger partial charge in [-0.25, -0.2) is 9.50 Å². The lowest BCUT2D eigenvalue weighted by Crippen LogP contribution is -2.36. The summed E-state index contributed by atoms with van der Waals surface area (Å²) in [4.78, 5) is 3.88. The standard InChI is InChI=1S/C11H12Cl2N4O3/c12-11(13)8(19)7(3-18)20-9(11)5-1-2-6-10(14)15-4-16-17(5)6/h1-2,4,7-9,18-19H,3H2,(H2,14,15,16)/t7-,8+,9+/m1/s1. The van der Waals surface area contributed by atoms with Gasteiger partial charge in [0, 0.05) is 0 Å². The molecule has 1 aliphatic rings. The van der Waals surface area contributed by atoms with E-state index in [1.54, 1.807) is 12.1 Å². The molecule has 0 aliphatic carbocycles. The zero-order valence-electron chi connectivity index (χ0n) is 10.1. The SMILES string of the molecule is Nc1ncnn2c([C@@H]3O[C@H](CO)[C@H](O)C3(Cl)Cl)ccc12. The largest absolute Gasteiger partial charge is 0.394 e. The van der Waals surface area contributed by atoms with Crippen molar-refractivity contribution < 1.29 is 14.9 Å². The van der Waals surface area contributed by atoms with Gasteiger partial charge < -0.3 is 20.7 Å². The number of ether oxygens (including phenoxy) is 1. The molecule has 0 aromatic carbocycles. The Bertz CT molecular complexity index is 648. The number of nitrogens with zero attached hydrogens (tertiary/aromatic N) is 3. The lowest BCUT2D eigenvalue weighted by molar-refractivity contribution is -0.0239. The number of aliphatic hydroxyl groups excluding tert-OH is 2. The lowest BCUT2D eigenvalue weighted by atomic mass is 10.1. The minimum atomic E-state index is -1.60. The molecule has 0 bridgehead atoms. The zero-order valence-corrected chi connectivity index (χ0v) is 11.7. The number of hydrogen-bond donors (Lipinski definition) is 3. The van der Waals surface area contributed by atoms with Crippen LogP contribution in [0.25, 0.3) is 5.52 Å². The number of alkyl halides is 2. The number of anilines is 1. The van der Waals surface area contributed by atoms with Gasteiger partial charge in [0.2, 0.25) is 0 Å². The molecule has 2 aromatic heterocycles. The number of fused-ring (bicyclic) bond motifs is 1. The van der Waals surface area contributed by atoms with Crippen LogP contribution in [0, 0.1) is 0 Å². The number of aliphatic hydroxyl groups is 2. The van der Waals surface area contributed by atoms with Crippen molar-refractivity contribution in [2.45, 2.75) is 22.6 Å². The molecule has 3 atom stereocenters. The fourth-order valence-corrected chi connectivity index (χ4v) is 2.93. The quantitative estimate of drug-likeness (QED) is 0.687. The molecule has 1 aliphatic heterocycles. The van der Waals surface area contributed by atoms with Crippen molar-refractivity contribution in [3.05, 3.63) is 24.2 Å². The minimum absolute atomic E-state index is 0.304. The van der Waals surface area contributed by atoms with Crippen LogP contribution >= 0.6 is 23.2 Å². The fraction of sp³-hybridized carbons (Fsp3) is 0.455. The van der Waals surface area contributed by atoms with E-state index < -0.39 is 22.6 Å². The summed E-state index contributed by atoms with van der Waals surface area (Å²) in [7, 11) is 0. The number of rotatable bonds is 2. The van der Waals surface area contributed by atoms with E-state index in [9.17, 15) is 10.2 Å². The van der Waals surface area contributed by atoms with Crippen LogP contribution in [-0.2, 0) is 4.74 Å². The molecule has 4 N–H and O–H groups in total. The highest BCUT2D eigenvalue weighted by Gasteiger charge is 2.55. The summed E-state index contributed by atoms with van der Waals surface area (Å²) < 4.78 is 5.45. The Balaban J connectivity index is 2.10. The molecular weight excluding hydrogens is 307 g/mol. The predicted molar refractivity (Wildman–Crippen MR) is 72.5 cm³/mol. The molecule has 0 unspecified atom stereocenters. The first-order chi connectivity index (χ1) is 9.46. The third-order valence-corrected chi connectivity index (χ3v) is 4.21. The number of halogens is 2. The Kier molecular flexibility index (Phi) is 3.26. The maximum atomic E-state index is 10.00. The van der Waals surface area contributed by atoms with Crippen LogP contribution in [0.2, 0.25) is 0 Å². The molecule has 1 saturated heterocycles. The van der Waals surface area contributed by atoms with Gasteiger partial charge in [0.1, 0.15) is 30.2 Å². The first kappa shape index (κ1) is 13.8. The van der Waals surface area contributed by atoms with Gasteiger partial charge in [0.25, 0.3) is 0 Å². The van der Waals surface area contributed by atoms with Crippen molar-refractivity contribution in [3.63, 3.8) is 0 Å². The number of aromatic nitrogens is 3. The summed E-state index contributed by atoms with van der Waals surface area (Å²) in [6.45, 7) is -0.390. The topological polar surface area (TPSA) is 106 Å². The van der Waals surface area contributed by atoms with Crippen molar-refractivity contribution in [1.29, 1.82) is 0 Å². The van der Waals surface area contributed by atoms with E-state index in [1.165, 1.54) is 10.8 Å². The molecule has 1 fully saturated rings. The summed E-state index contributed by atoms with van der Waals surface area (Å²) in [5.41, 5.74) is 6.85. The van der Waals surface area contributed by atoms with Crippen LogP contribution in [0.3, 0.4) is 0 Å². The molecule has 20 heavy (non-hydrogen) atoms. The summed E-state index contributed by atoms with van der Waals surface area (Å²) in [6, 6.07) is 3.40. The highest BCUT2D eigenvalue weighted by Crippen LogP contribution is 2.49. The first-order valence-electron chi connectivity index (χ1n) is 5.87. The van der Waals surface area contributed by atoms with Crippen LogP contribution in [0.15, 0.2) is 18.5 Å². The van der Waals surface area contributed by atoms with Gasteiger partial charge in [0.05, 0.1) is 12.3 Å². The Labute approximate surface area is 123 Å². The summed E-state index contributed by atoms with van der Waals surface area (Å²) >= 11 is 12.4. The van der Waals surface area contributed by atoms with Gasteiger partial charge in [-0.1, -0.05) is 23.2 Å². The predicted octanol–water partition coefficient (Wildman–Crippen LogP) is 0.278. The van der Waals surface area contributed by atoms with Crippen molar-refractivity contribution in [1.82, 2.24) is 14.6 Å². The highest BCUT2D eigenvalue weighted by atomic mass is 35.5. The third-order valence-electron chi connectivity index (χ3n) is 3.37. The van der Waals surface area contributed by atoms with Gasteiger partial charge in [-0.15, -0.1) is 0 Å². The van der Waals surface area contributed by atoms with Gasteiger partial charge in [0.15, 0.2) is 10.2 Å². The van der Waals surface area contributed by atoms with Gasteiger partial charge >= 0.3 is 0 Å². The molecule has 3 heterocycles. The van der Waals surface area contributed by atoms with Crippen LogP contribution in [0.4, 0.5) is 5.82 Å². The van der Waals surface area contributed by atoms with E-state index in [4.69, 9.17) is 33.7 Å². The molecule has 108 valence electrons. The van der Waals surface area contributed by atoms with Gasteiger partial charge in [-0.05, 0) is 12.1 Å². The zero-order chi connectivity index (χ0) is 14.5. The van der Waals surface area contributed by atoms with E-state index >= 15 is 0 Å². The molecule has 0 amide bonds. The maximum Gasteiger partial charge on any atom is 0.178 e. The number of nitrogens with two attached hydrogens (primary N) is 1. The summed E-state index contributed by atoms with van der Waals surface area (Å²) in [6.07, 6.45) is -1.63.